The fourth-order valence-corrected chi connectivity index (χ4v) is 7.87. The number of fused-ring (bicyclic) bond motifs is 4. The first-order valence-electron chi connectivity index (χ1n) is 13.4. The molecule has 5 heteroatoms. The van der Waals surface area contributed by atoms with Gasteiger partial charge in [-0.25, -0.2) is 0 Å². The number of hydrogen-bond donors (Lipinski definition) is 1. The second-order valence-corrected chi connectivity index (χ2v) is 12.3. The van der Waals surface area contributed by atoms with Crippen molar-refractivity contribution in [3.8, 4) is 0 Å². The monoisotopic (exact) mass is 462 g/mol. The van der Waals surface area contributed by atoms with Crippen molar-refractivity contribution in [2.45, 2.75) is 105 Å². The van der Waals surface area contributed by atoms with Crippen molar-refractivity contribution in [3.63, 3.8) is 0 Å². The zero-order valence-corrected chi connectivity index (χ0v) is 21.7. The lowest BCUT2D eigenvalue weighted by Gasteiger charge is -2.53. The van der Waals surface area contributed by atoms with Gasteiger partial charge < -0.3 is 19.3 Å². The van der Waals surface area contributed by atoms with Gasteiger partial charge in [0, 0.05) is 18.4 Å². The third-order valence-electron chi connectivity index (χ3n) is 10.1. The number of aliphatic hydroxyl groups excluding tert-OH is 1. The standard InChI is InChI=1S/C28H46O5/c1-17(2)7-10-24(29)18(3)20-8-9-21-25-22(12-14-27(20,21)4)28(5)13-11-19(32-16-31-6)15-23(28)26(30)33-25/h17-21,23-24,29H,7-16H2,1-6H3/t18-,19?,20+,21-,23?,24?,27+,28+/m0/s1. The molecule has 5 nitrogen and oxygen atoms in total. The number of ether oxygens (including phenoxy) is 3. The van der Waals surface area contributed by atoms with Gasteiger partial charge in [0.05, 0.1) is 18.1 Å². The number of carbonyl (C=O) groups excluding carboxylic acids is 1. The number of esters is 1. The van der Waals surface area contributed by atoms with E-state index in [0.717, 1.165) is 63.5 Å². The maximum atomic E-state index is 13.3. The van der Waals surface area contributed by atoms with E-state index in [-0.39, 0.29) is 47.6 Å². The lowest BCUT2D eigenvalue weighted by Crippen LogP contribution is -2.50. The molecule has 4 aliphatic rings. The zero-order chi connectivity index (χ0) is 24.0. The number of carbonyl (C=O) groups is 1. The molecule has 0 aromatic carbocycles. The molecule has 0 spiro atoms. The number of allylic oxidation sites excluding steroid dienone is 2. The summed E-state index contributed by atoms with van der Waals surface area (Å²) in [5.41, 5.74) is 1.40. The van der Waals surface area contributed by atoms with Crippen molar-refractivity contribution in [1.29, 1.82) is 0 Å². The van der Waals surface area contributed by atoms with Crippen LogP contribution < -0.4 is 0 Å². The summed E-state index contributed by atoms with van der Waals surface area (Å²) < 4.78 is 17.1. The average Bonchev–Trinajstić information content (AvgIpc) is 3.13. The van der Waals surface area contributed by atoms with Gasteiger partial charge in [0.15, 0.2) is 0 Å². The Kier molecular flexibility index (Phi) is 7.34. The highest BCUT2D eigenvalue weighted by Gasteiger charge is 2.59. The first-order chi connectivity index (χ1) is 15.6. The van der Waals surface area contributed by atoms with Gasteiger partial charge in [-0.3, -0.25) is 4.79 Å². The Morgan fingerprint density at radius 2 is 1.85 bits per heavy atom. The van der Waals surface area contributed by atoms with Gasteiger partial charge in [-0.2, -0.15) is 0 Å². The number of hydrogen-bond acceptors (Lipinski definition) is 5. The molecule has 33 heavy (non-hydrogen) atoms. The summed E-state index contributed by atoms with van der Waals surface area (Å²) in [7, 11) is 1.64. The molecule has 3 aliphatic carbocycles. The first-order valence-corrected chi connectivity index (χ1v) is 13.4. The average molecular weight is 463 g/mol. The second kappa shape index (κ2) is 9.62. The molecule has 0 aromatic heterocycles. The van der Waals surface area contributed by atoms with Crippen molar-refractivity contribution >= 4 is 5.97 Å². The smallest absolute Gasteiger partial charge is 0.315 e. The topological polar surface area (TPSA) is 65.0 Å². The van der Waals surface area contributed by atoms with Crippen LogP contribution in [0.3, 0.4) is 0 Å². The Morgan fingerprint density at radius 1 is 1.09 bits per heavy atom. The molecule has 2 saturated carbocycles. The normalized spacial score (nSPS) is 40.2. The third kappa shape index (κ3) is 4.43. The minimum absolute atomic E-state index is 0.0558. The van der Waals surface area contributed by atoms with Gasteiger partial charge in [-0.1, -0.05) is 34.6 Å². The fourth-order valence-electron chi connectivity index (χ4n) is 7.87. The van der Waals surface area contributed by atoms with Gasteiger partial charge >= 0.3 is 5.97 Å². The van der Waals surface area contributed by atoms with Crippen molar-refractivity contribution in [2.24, 2.45) is 40.4 Å². The van der Waals surface area contributed by atoms with E-state index in [1.54, 1.807) is 7.11 Å². The van der Waals surface area contributed by atoms with Crippen LogP contribution in [0.2, 0.25) is 0 Å². The van der Waals surface area contributed by atoms with Crippen LogP contribution in [0.1, 0.15) is 92.4 Å². The van der Waals surface area contributed by atoms with Crippen LogP contribution >= 0.6 is 0 Å². The predicted molar refractivity (Wildman–Crippen MR) is 128 cm³/mol. The maximum absolute atomic E-state index is 13.3. The van der Waals surface area contributed by atoms with E-state index in [0.29, 0.717) is 17.8 Å². The van der Waals surface area contributed by atoms with Crippen LogP contribution in [0.15, 0.2) is 11.3 Å². The Labute approximate surface area is 200 Å². The van der Waals surface area contributed by atoms with Crippen LogP contribution in [0.4, 0.5) is 0 Å². The van der Waals surface area contributed by atoms with E-state index in [9.17, 15) is 9.90 Å². The fraction of sp³-hybridized carbons (Fsp3) is 0.893. The van der Waals surface area contributed by atoms with Gasteiger partial charge in [-0.05, 0) is 86.5 Å². The van der Waals surface area contributed by atoms with E-state index in [1.807, 2.05) is 0 Å². The van der Waals surface area contributed by atoms with Crippen molar-refractivity contribution in [3.05, 3.63) is 11.3 Å². The van der Waals surface area contributed by atoms with E-state index in [1.165, 1.54) is 5.57 Å². The largest absolute Gasteiger partial charge is 0.431 e. The van der Waals surface area contributed by atoms with Crippen molar-refractivity contribution < 1.29 is 24.1 Å². The molecule has 0 aromatic rings. The molecule has 188 valence electrons. The van der Waals surface area contributed by atoms with Gasteiger partial charge in [0.2, 0.25) is 0 Å². The van der Waals surface area contributed by atoms with Crippen LogP contribution in [-0.4, -0.2) is 37.2 Å². The lowest BCUT2D eigenvalue weighted by atomic mass is 9.54. The van der Waals surface area contributed by atoms with Crippen LogP contribution in [0.25, 0.3) is 0 Å². The molecule has 3 unspecified atom stereocenters. The van der Waals surface area contributed by atoms with Crippen LogP contribution in [0, 0.1) is 40.4 Å². The Hall–Kier alpha value is -0.910. The molecule has 1 heterocycles. The molecule has 1 N–H and O–H groups in total. The third-order valence-corrected chi connectivity index (χ3v) is 10.1. The molecule has 2 fully saturated rings. The predicted octanol–water partition coefficient (Wildman–Crippen LogP) is 5.85. The quantitative estimate of drug-likeness (QED) is 0.362. The van der Waals surface area contributed by atoms with E-state index >= 15 is 0 Å². The van der Waals surface area contributed by atoms with Gasteiger partial charge in [0.25, 0.3) is 0 Å². The molecule has 0 amide bonds. The molecular weight excluding hydrogens is 416 g/mol. The van der Waals surface area contributed by atoms with Gasteiger partial charge in [0.1, 0.15) is 12.6 Å². The van der Waals surface area contributed by atoms with Gasteiger partial charge in [-0.15, -0.1) is 0 Å². The minimum atomic E-state index is -0.249. The zero-order valence-electron chi connectivity index (χ0n) is 21.7. The summed E-state index contributed by atoms with van der Waals surface area (Å²) >= 11 is 0. The number of methoxy groups -OCH3 is 1. The molecule has 0 radical (unpaired) electrons. The summed E-state index contributed by atoms with van der Waals surface area (Å²) in [6.07, 6.45) is 8.74. The molecule has 0 bridgehead atoms. The highest BCUT2D eigenvalue weighted by Crippen LogP contribution is 2.65. The molecule has 8 atom stereocenters. The summed E-state index contributed by atoms with van der Waals surface area (Å²) in [6.45, 7) is 11.7. The van der Waals surface area contributed by atoms with E-state index < -0.39 is 0 Å². The Balaban J connectivity index is 1.54. The summed E-state index contributed by atoms with van der Waals surface area (Å²) in [6, 6.07) is 0. The van der Waals surface area contributed by atoms with Crippen molar-refractivity contribution in [1.82, 2.24) is 0 Å². The molecular formula is C28H46O5. The Morgan fingerprint density at radius 3 is 2.55 bits per heavy atom. The SMILES string of the molecule is COCOC1CC[C@]2(C)C3=C(OC(=O)C2C1)[C@@H]1CC[C@H]([C@H](C)C(O)CCC(C)C)[C@@]1(C)CC3. The Bertz CT molecular complexity index is 759. The van der Waals surface area contributed by atoms with E-state index in [2.05, 4.69) is 34.6 Å². The molecule has 1 aliphatic heterocycles. The highest BCUT2D eigenvalue weighted by atomic mass is 16.7. The molecule has 4 rings (SSSR count). The second-order valence-electron chi connectivity index (χ2n) is 12.3. The molecule has 0 saturated heterocycles. The van der Waals surface area contributed by atoms with E-state index in [4.69, 9.17) is 14.2 Å². The number of rotatable bonds is 8. The van der Waals surface area contributed by atoms with Crippen molar-refractivity contribution in [2.75, 3.05) is 13.9 Å². The maximum Gasteiger partial charge on any atom is 0.315 e. The summed E-state index contributed by atoms with van der Waals surface area (Å²) in [5.74, 6) is 2.50. The van der Waals surface area contributed by atoms with Crippen LogP contribution in [-0.2, 0) is 19.0 Å². The highest BCUT2D eigenvalue weighted by molar-refractivity contribution is 5.77. The summed E-state index contributed by atoms with van der Waals surface area (Å²) in [4.78, 5) is 13.3. The minimum Gasteiger partial charge on any atom is -0.431 e. The van der Waals surface area contributed by atoms with Crippen LogP contribution in [0.5, 0.6) is 0 Å². The first kappa shape index (κ1) is 25.2. The lowest BCUT2D eigenvalue weighted by molar-refractivity contribution is -0.164. The summed E-state index contributed by atoms with van der Waals surface area (Å²) in [5, 5.41) is 11.0. The number of aliphatic hydroxyl groups is 1.